The molecule has 2 aromatic carbocycles. The lowest BCUT2D eigenvalue weighted by molar-refractivity contribution is -0.150. The normalized spacial score (nSPS) is 21.7. The van der Waals surface area contributed by atoms with Crippen LogP contribution in [0.25, 0.3) is 11.1 Å². The number of aliphatic carboxylic acids is 1. The fourth-order valence-corrected chi connectivity index (χ4v) is 9.21. The van der Waals surface area contributed by atoms with Crippen LogP contribution in [-0.2, 0) is 44.7 Å². The Morgan fingerprint density at radius 3 is 2.09 bits per heavy atom. The van der Waals surface area contributed by atoms with Gasteiger partial charge < -0.3 is 29.8 Å². The highest BCUT2D eigenvalue weighted by Gasteiger charge is 2.38. The first-order valence-electron chi connectivity index (χ1n) is 19.3. The van der Waals surface area contributed by atoms with Gasteiger partial charge in [-0.2, -0.15) is 0 Å². The van der Waals surface area contributed by atoms with Crippen molar-refractivity contribution in [2.45, 2.75) is 91.0 Å². The zero-order valence-electron chi connectivity index (χ0n) is 32.1. The van der Waals surface area contributed by atoms with Crippen molar-refractivity contribution >= 4 is 40.8 Å². The van der Waals surface area contributed by atoms with Crippen LogP contribution < -0.4 is 10.6 Å². The number of imidazole rings is 2. The van der Waals surface area contributed by atoms with Crippen LogP contribution in [0.4, 0.5) is 11.4 Å². The zero-order chi connectivity index (χ0) is 38.3. The number of anilines is 2. The second-order valence-corrected chi connectivity index (χ2v) is 16.5. The number of hydrogen-bond acceptors (Lipinski definition) is 6. The fourth-order valence-electron chi connectivity index (χ4n) is 8.94. The third kappa shape index (κ3) is 7.45. The molecule has 1 aliphatic heterocycles. The van der Waals surface area contributed by atoms with E-state index in [2.05, 4.69) is 27.6 Å². The van der Waals surface area contributed by atoms with Crippen LogP contribution in [0.1, 0.15) is 108 Å². The van der Waals surface area contributed by atoms with Crippen molar-refractivity contribution in [3.63, 3.8) is 0 Å². The summed E-state index contributed by atoms with van der Waals surface area (Å²) >= 11 is 7.03. The van der Waals surface area contributed by atoms with E-state index in [0.717, 1.165) is 123 Å². The first-order valence-corrected chi connectivity index (χ1v) is 19.7. The van der Waals surface area contributed by atoms with E-state index in [1.165, 1.54) is 0 Å². The standard InChI is InChI=1S/C42H52ClN7O4/c1-25-28(10-7-12-30(25)46-39(51)38-45-33-24-48(3)22-19-35(33)50(38)5)29-11-8-14-32(36(29)43)47-40(52)37-44-31-13-6-9-26(15-16-34(31)49(37)4)23-27-17-20-42(2,21-18-27)41(53)54/h7-8,10-12,14,26-27H,6,9,13,15-24H2,1-5H3,(H,46,51)(H,47,52)(H,53,54). The van der Waals surface area contributed by atoms with Gasteiger partial charge in [0.05, 0.1) is 27.5 Å². The molecule has 3 heterocycles. The molecule has 3 N–H and O–H groups in total. The maximum atomic E-state index is 13.8. The van der Waals surface area contributed by atoms with E-state index < -0.39 is 11.4 Å². The summed E-state index contributed by atoms with van der Waals surface area (Å²) in [4.78, 5) is 50.7. The number of carbonyl (C=O) groups excluding carboxylic acids is 2. The molecule has 1 atom stereocenters. The topological polar surface area (TPSA) is 134 Å². The molecule has 12 heteroatoms. The van der Waals surface area contributed by atoms with Crippen LogP contribution >= 0.6 is 11.6 Å². The van der Waals surface area contributed by atoms with Crippen LogP contribution in [0, 0.1) is 24.2 Å². The summed E-state index contributed by atoms with van der Waals surface area (Å²) in [5.74, 6) is 0.671. The molecule has 11 nitrogen and oxygen atoms in total. The number of hydrogen-bond donors (Lipinski definition) is 3. The van der Waals surface area contributed by atoms with E-state index in [1.807, 2.05) is 67.4 Å². The predicted octanol–water partition coefficient (Wildman–Crippen LogP) is 7.83. The van der Waals surface area contributed by atoms with E-state index in [4.69, 9.17) is 16.6 Å². The predicted molar refractivity (Wildman–Crippen MR) is 211 cm³/mol. The molecule has 2 aromatic heterocycles. The largest absolute Gasteiger partial charge is 0.481 e. The molecule has 1 fully saturated rings. The van der Waals surface area contributed by atoms with E-state index >= 15 is 0 Å². The molecule has 0 radical (unpaired) electrons. The maximum Gasteiger partial charge on any atom is 0.309 e. The van der Waals surface area contributed by atoms with Crippen molar-refractivity contribution in [3.05, 3.63) is 81.4 Å². The molecule has 0 spiro atoms. The number of halogens is 1. The number of rotatable bonds is 8. The van der Waals surface area contributed by atoms with Crippen molar-refractivity contribution in [1.29, 1.82) is 0 Å². The smallest absolute Gasteiger partial charge is 0.309 e. The molecule has 2 aliphatic carbocycles. The Kier molecular flexibility index (Phi) is 10.7. The third-order valence-corrected chi connectivity index (χ3v) is 12.9. The Morgan fingerprint density at radius 2 is 1.41 bits per heavy atom. The number of carboxylic acid groups (broad SMARTS) is 1. The average Bonchev–Trinajstić information content (AvgIpc) is 3.63. The molecule has 7 rings (SSSR count). The molecular formula is C42H52ClN7O4. The van der Waals surface area contributed by atoms with Gasteiger partial charge in [0, 0.05) is 56.2 Å². The Balaban J connectivity index is 1.03. The first-order chi connectivity index (χ1) is 25.8. The van der Waals surface area contributed by atoms with Crippen LogP contribution in [0.5, 0.6) is 0 Å². The molecule has 4 aromatic rings. The van der Waals surface area contributed by atoms with E-state index in [0.29, 0.717) is 39.9 Å². The number of nitrogens with zero attached hydrogens (tertiary/aromatic N) is 5. The van der Waals surface area contributed by atoms with Crippen molar-refractivity contribution in [3.8, 4) is 11.1 Å². The fraction of sp³-hybridized carbons (Fsp3) is 0.500. The number of benzene rings is 2. The van der Waals surface area contributed by atoms with E-state index in [-0.39, 0.29) is 11.8 Å². The molecule has 0 saturated heterocycles. The van der Waals surface area contributed by atoms with Gasteiger partial charge in [-0.05, 0) is 114 Å². The number of carbonyl (C=O) groups is 3. The second-order valence-electron chi connectivity index (χ2n) is 16.2. The van der Waals surface area contributed by atoms with Crippen LogP contribution in [0.3, 0.4) is 0 Å². The number of aromatic nitrogens is 4. The minimum absolute atomic E-state index is 0.268. The van der Waals surface area contributed by atoms with Gasteiger partial charge in [0.2, 0.25) is 0 Å². The summed E-state index contributed by atoms with van der Waals surface area (Å²) in [6.45, 7) is 5.49. The SMILES string of the molecule is Cc1c(NC(=O)c2nc3c(n2C)CCN(C)C3)cccc1-c1cccc(NC(=O)c2nc3c(n2C)CCC(CC2CCC(C)(C(=O)O)CC2)CCC3)c1Cl. The van der Waals surface area contributed by atoms with Gasteiger partial charge in [-0.3, -0.25) is 14.4 Å². The molecule has 3 aliphatic rings. The van der Waals surface area contributed by atoms with Crippen molar-refractivity contribution in [1.82, 2.24) is 24.0 Å². The van der Waals surface area contributed by atoms with Gasteiger partial charge in [-0.1, -0.05) is 42.3 Å². The summed E-state index contributed by atoms with van der Waals surface area (Å²) in [6, 6.07) is 11.3. The zero-order valence-corrected chi connectivity index (χ0v) is 32.9. The van der Waals surface area contributed by atoms with Gasteiger partial charge in [0.1, 0.15) is 0 Å². The minimum atomic E-state index is -0.666. The molecule has 0 bridgehead atoms. The number of carboxylic acids is 1. The Bertz CT molecular complexity index is 2090. The second kappa shape index (κ2) is 15.3. The van der Waals surface area contributed by atoms with Crippen molar-refractivity contribution < 1.29 is 19.5 Å². The molecular weight excluding hydrogens is 702 g/mol. The quantitative estimate of drug-likeness (QED) is 0.167. The highest BCUT2D eigenvalue weighted by molar-refractivity contribution is 6.36. The average molecular weight is 754 g/mol. The summed E-state index contributed by atoms with van der Waals surface area (Å²) in [5, 5.41) is 16.1. The lowest BCUT2D eigenvalue weighted by atomic mass is 9.69. The Labute approximate surface area is 322 Å². The highest BCUT2D eigenvalue weighted by atomic mass is 35.5. The van der Waals surface area contributed by atoms with Crippen LogP contribution in [-0.4, -0.2) is 60.5 Å². The van der Waals surface area contributed by atoms with Crippen molar-refractivity contribution in [2.75, 3.05) is 24.2 Å². The number of amides is 2. The Hall–Kier alpha value is -4.48. The van der Waals surface area contributed by atoms with Crippen LogP contribution in [0.15, 0.2) is 36.4 Å². The van der Waals surface area contributed by atoms with Gasteiger partial charge in [0.25, 0.3) is 11.8 Å². The third-order valence-electron chi connectivity index (χ3n) is 12.5. The minimum Gasteiger partial charge on any atom is -0.481 e. The summed E-state index contributed by atoms with van der Waals surface area (Å²) in [5.41, 5.74) is 7.13. The van der Waals surface area contributed by atoms with Gasteiger partial charge in [0.15, 0.2) is 11.6 Å². The maximum absolute atomic E-state index is 13.8. The van der Waals surface area contributed by atoms with Gasteiger partial charge in [-0.15, -0.1) is 0 Å². The molecule has 1 unspecified atom stereocenters. The molecule has 54 heavy (non-hydrogen) atoms. The summed E-state index contributed by atoms with van der Waals surface area (Å²) in [7, 11) is 5.87. The number of likely N-dealkylation sites (N-methyl/N-ethyl adjacent to an activating group) is 1. The monoisotopic (exact) mass is 753 g/mol. The highest BCUT2D eigenvalue weighted by Crippen LogP contribution is 2.43. The summed E-state index contributed by atoms with van der Waals surface area (Å²) in [6.07, 6.45) is 10.3. The number of fused-ring (bicyclic) bond motifs is 2. The van der Waals surface area contributed by atoms with Gasteiger partial charge >= 0.3 is 5.97 Å². The first kappa shape index (κ1) is 37.8. The van der Waals surface area contributed by atoms with Crippen LogP contribution in [0.2, 0.25) is 5.02 Å². The van der Waals surface area contributed by atoms with Crippen molar-refractivity contribution in [2.24, 2.45) is 31.3 Å². The lowest BCUT2D eigenvalue weighted by Crippen LogP contribution is -2.33. The molecule has 286 valence electrons. The molecule has 1 saturated carbocycles. The summed E-state index contributed by atoms with van der Waals surface area (Å²) < 4.78 is 3.84. The molecule has 2 amide bonds. The number of nitrogens with one attached hydrogen (secondary N) is 2. The van der Waals surface area contributed by atoms with E-state index in [9.17, 15) is 19.5 Å². The van der Waals surface area contributed by atoms with Gasteiger partial charge in [-0.25, -0.2) is 9.97 Å². The van der Waals surface area contributed by atoms with E-state index in [1.54, 1.807) is 6.07 Å². The number of aryl methyl sites for hydroxylation is 1. The Morgan fingerprint density at radius 1 is 0.815 bits per heavy atom. The lowest BCUT2D eigenvalue weighted by Gasteiger charge is -2.35.